The van der Waals surface area contributed by atoms with Crippen molar-refractivity contribution in [3.05, 3.63) is 23.9 Å². The van der Waals surface area contributed by atoms with Crippen LogP contribution in [-0.2, 0) is 0 Å². The van der Waals surface area contributed by atoms with Crippen LogP contribution in [0.3, 0.4) is 0 Å². The first-order chi connectivity index (χ1) is 9.75. The summed E-state index contributed by atoms with van der Waals surface area (Å²) in [6, 6.07) is 3.53. The molecule has 3 heteroatoms. The van der Waals surface area contributed by atoms with Gasteiger partial charge in [0.1, 0.15) is 5.82 Å². The number of carbonyl (C=O) groups excluding carboxylic acids is 1. The van der Waals surface area contributed by atoms with Crippen LogP contribution in [0.15, 0.2) is 18.3 Å². The lowest BCUT2D eigenvalue weighted by Crippen LogP contribution is -2.05. The second-order valence-corrected chi connectivity index (χ2v) is 5.44. The molecule has 0 saturated heterocycles. The van der Waals surface area contributed by atoms with Crippen molar-refractivity contribution in [3.63, 3.8) is 0 Å². The maximum Gasteiger partial charge on any atom is 0.166 e. The number of aromatic nitrogens is 1. The summed E-state index contributed by atoms with van der Waals surface area (Å²) in [5.41, 5.74) is 6.28. The number of anilines is 1. The van der Waals surface area contributed by atoms with Gasteiger partial charge in [0.15, 0.2) is 5.78 Å². The molecule has 0 radical (unpaired) electrons. The Labute approximate surface area is 123 Å². The zero-order valence-corrected chi connectivity index (χ0v) is 12.7. The number of Topliss-reactive ketones (excluding diaryl/α,β-unsaturated/α-hetero) is 1. The van der Waals surface area contributed by atoms with E-state index < -0.39 is 0 Å². The summed E-state index contributed by atoms with van der Waals surface area (Å²) in [4.78, 5) is 15.9. The van der Waals surface area contributed by atoms with E-state index in [0.29, 0.717) is 17.8 Å². The van der Waals surface area contributed by atoms with Crippen molar-refractivity contribution in [3.8, 4) is 0 Å². The summed E-state index contributed by atoms with van der Waals surface area (Å²) >= 11 is 0. The molecule has 3 nitrogen and oxygen atoms in total. The topological polar surface area (TPSA) is 56.0 Å². The number of nitrogens with zero attached hydrogens (tertiary/aromatic N) is 1. The Hall–Kier alpha value is -1.38. The average molecular weight is 276 g/mol. The maximum atomic E-state index is 12.0. The smallest absolute Gasteiger partial charge is 0.166 e. The van der Waals surface area contributed by atoms with Crippen molar-refractivity contribution < 1.29 is 4.79 Å². The van der Waals surface area contributed by atoms with Gasteiger partial charge in [-0.1, -0.05) is 58.3 Å². The highest BCUT2D eigenvalue weighted by atomic mass is 16.1. The molecule has 1 aromatic heterocycles. The van der Waals surface area contributed by atoms with E-state index >= 15 is 0 Å². The fourth-order valence-corrected chi connectivity index (χ4v) is 2.38. The number of hydrogen-bond donors (Lipinski definition) is 1. The molecule has 20 heavy (non-hydrogen) atoms. The lowest BCUT2D eigenvalue weighted by Gasteiger charge is -2.04. The van der Waals surface area contributed by atoms with Crippen LogP contribution in [0, 0.1) is 0 Å². The highest BCUT2D eigenvalue weighted by Crippen LogP contribution is 2.14. The predicted octanol–water partition coefficient (Wildman–Crippen LogP) is 4.77. The Balaban J connectivity index is 2.04. The maximum absolute atomic E-state index is 12.0. The van der Waals surface area contributed by atoms with Gasteiger partial charge in [0.2, 0.25) is 0 Å². The number of pyridine rings is 1. The van der Waals surface area contributed by atoms with Crippen molar-refractivity contribution >= 4 is 11.6 Å². The number of nitrogen functional groups attached to an aromatic ring is 1. The Morgan fingerprint density at radius 1 is 1.05 bits per heavy atom. The highest BCUT2D eigenvalue weighted by Gasteiger charge is 2.09. The van der Waals surface area contributed by atoms with Crippen LogP contribution in [0.25, 0.3) is 0 Å². The van der Waals surface area contributed by atoms with E-state index in [0.717, 1.165) is 12.8 Å². The molecule has 1 heterocycles. The number of rotatable bonds is 11. The van der Waals surface area contributed by atoms with E-state index in [2.05, 4.69) is 11.9 Å². The fourth-order valence-electron chi connectivity index (χ4n) is 2.38. The van der Waals surface area contributed by atoms with E-state index in [4.69, 9.17) is 5.73 Å². The molecule has 0 saturated carbocycles. The Kier molecular flexibility index (Phi) is 8.68. The van der Waals surface area contributed by atoms with Crippen LogP contribution in [0.2, 0.25) is 0 Å². The molecule has 112 valence electrons. The zero-order valence-electron chi connectivity index (χ0n) is 12.7. The summed E-state index contributed by atoms with van der Waals surface area (Å²) in [6.45, 7) is 2.24. The van der Waals surface area contributed by atoms with E-state index in [9.17, 15) is 4.79 Å². The third-order valence-corrected chi connectivity index (χ3v) is 3.65. The molecule has 0 aromatic carbocycles. The molecule has 2 N–H and O–H groups in total. The SMILES string of the molecule is CCCCCCCCCCCC(=O)c1cccnc1N. The summed E-state index contributed by atoms with van der Waals surface area (Å²) in [5, 5.41) is 0. The van der Waals surface area contributed by atoms with Crippen molar-refractivity contribution in [2.45, 2.75) is 71.1 Å². The molecule has 0 bridgehead atoms. The molecule has 1 aromatic rings. The molecule has 0 aliphatic carbocycles. The molecular formula is C17H28N2O. The van der Waals surface area contributed by atoms with Gasteiger partial charge >= 0.3 is 0 Å². The average Bonchev–Trinajstić information content (AvgIpc) is 2.46. The highest BCUT2D eigenvalue weighted by molar-refractivity contribution is 5.99. The van der Waals surface area contributed by atoms with Crippen LogP contribution in [0.5, 0.6) is 0 Å². The van der Waals surface area contributed by atoms with Crippen molar-refractivity contribution in [1.29, 1.82) is 0 Å². The first-order valence-electron chi connectivity index (χ1n) is 7.99. The minimum absolute atomic E-state index is 0.124. The molecule has 0 spiro atoms. The lowest BCUT2D eigenvalue weighted by molar-refractivity contribution is 0.0979. The lowest BCUT2D eigenvalue weighted by atomic mass is 10.0. The molecule has 0 unspecified atom stereocenters. The van der Waals surface area contributed by atoms with Crippen molar-refractivity contribution in [2.75, 3.05) is 5.73 Å². The van der Waals surface area contributed by atoms with Crippen LogP contribution < -0.4 is 5.73 Å². The minimum Gasteiger partial charge on any atom is -0.383 e. The number of carbonyl (C=O) groups is 1. The van der Waals surface area contributed by atoms with E-state index in [1.165, 1.54) is 44.9 Å². The van der Waals surface area contributed by atoms with Gasteiger partial charge in [-0.05, 0) is 18.6 Å². The van der Waals surface area contributed by atoms with Crippen molar-refractivity contribution in [1.82, 2.24) is 4.98 Å². The van der Waals surface area contributed by atoms with Gasteiger partial charge in [0.05, 0.1) is 5.56 Å². The molecule has 0 atom stereocenters. The standard InChI is InChI=1S/C17H28N2O/c1-2-3-4-5-6-7-8-9-10-13-16(20)15-12-11-14-19-17(15)18/h11-12,14H,2-10,13H2,1H3,(H2,18,19). The van der Waals surface area contributed by atoms with Gasteiger partial charge in [-0.2, -0.15) is 0 Å². The number of nitrogens with two attached hydrogens (primary N) is 1. The largest absolute Gasteiger partial charge is 0.383 e. The second-order valence-electron chi connectivity index (χ2n) is 5.44. The fraction of sp³-hybridized carbons (Fsp3) is 0.647. The van der Waals surface area contributed by atoms with Crippen LogP contribution >= 0.6 is 0 Å². The summed E-state index contributed by atoms with van der Waals surface area (Å²) in [5.74, 6) is 0.479. The molecule has 0 aliphatic heterocycles. The predicted molar refractivity (Wildman–Crippen MR) is 84.8 cm³/mol. The normalized spacial score (nSPS) is 10.7. The number of hydrogen-bond acceptors (Lipinski definition) is 3. The third-order valence-electron chi connectivity index (χ3n) is 3.65. The van der Waals surface area contributed by atoms with Gasteiger partial charge in [-0.25, -0.2) is 4.98 Å². The Bertz CT molecular complexity index is 390. The minimum atomic E-state index is 0.124. The second kappa shape index (κ2) is 10.4. The van der Waals surface area contributed by atoms with Gasteiger partial charge in [-0.15, -0.1) is 0 Å². The van der Waals surface area contributed by atoms with Gasteiger partial charge in [0.25, 0.3) is 0 Å². The third kappa shape index (κ3) is 6.69. The summed E-state index contributed by atoms with van der Waals surface area (Å²) in [6.07, 6.45) is 13.6. The van der Waals surface area contributed by atoms with E-state index in [1.54, 1.807) is 18.3 Å². The van der Waals surface area contributed by atoms with E-state index in [-0.39, 0.29) is 5.78 Å². The Morgan fingerprint density at radius 3 is 2.25 bits per heavy atom. The molecule has 1 rings (SSSR count). The number of ketones is 1. The quantitative estimate of drug-likeness (QED) is 0.468. The summed E-state index contributed by atoms with van der Waals surface area (Å²) in [7, 11) is 0. The van der Waals surface area contributed by atoms with Crippen LogP contribution in [-0.4, -0.2) is 10.8 Å². The van der Waals surface area contributed by atoms with E-state index in [1.807, 2.05) is 0 Å². The zero-order chi connectivity index (χ0) is 14.6. The van der Waals surface area contributed by atoms with Crippen molar-refractivity contribution in [2.24, 2.45) is 0 Å². The van der Waals surface area contributed by atoms with Gasteiger partial charge in [0, 0.05) is 12.6 Å². The Morgan fingerprint density at radius 2 is 1.65 bits per heavy atom. The van der Waals surface area contributed by atoms with Crippen LogP contribution in [0.4, 0.5) is 5.82 Å². The molecular weight excluding hydrogens is 248 g/mol. The molecule has 0 fully saturated rings. The van der Waals surface area contributed by atoms with Crippen LogP contribution in [0.1, 0.15) is 81.5 Å². The molecule has 0 aliphatic rings. The monoisotopic (exact) mass is 276 g/mol. The molecule has 0 amide bonds. The first kappa shape index (κ1) is 16.7. The number of unbranched alkanes of at least 4 members (excludes halogenated alkanes) is 8. The van der Waals surface area contributed by atoms with Gasteiger partial charge in [-0.3, -0.25) is 4.79 Å². The summed E-state index contributed by atoms with van der Waals surface area (Å²) < 4.78 is 0. The first-order valence-corrected chi connectivity index (χ1v) is 7.99. The van der Waals surface area contributed by atoms with Gasteiger partial charge < -0.3 is 5.73 Å².